The zero-order valence-electron chi connectivity index (χ0n) is 15.2. The summed E-state index contributed by atoms with van der Waals surface area (Å²) in [5.74, 6) is -0.458. The Morgan fingerprint density at radius 1 is 1.07 bits per heavy atom. The summed E-state index contributed by atoms with van der Waals surface area (Å²) in [6.45, 7) is 4.66. The molecule has 3 rings (SSSR count). The van der Waals surface area contributed by atoms with E-state index in [4.69, 9.17) is 4.74 Å². The van der Waals surface area contributed by atoms with Crippen LogP contribution < -0.4 is 10.1 Å². The molecule has 0 spiro atoms. The van der Waals surface area contributed by atoms with Gasteiger partial charge >= 0.3 is 0 Å². The van der Waals surface area contributed by atoms with E-state index in [9.17, 15) is 9.59 Å². The van der Waals surface area contributed by atoms with Crippen LogP contribution in [-0.4, -0.2) is 23.3 Å². The summed E-state index contributed by atoms with van der Waals surface area (Å²) in [6, 6.07) is 14.5. The molecule has 0 saturated heterocycles. The number of ether oxygens (including phenoxy) is 1. The predicted molar refractivity (Wildman–Crippen MR) is 107 cm³/mol. The Balaban J connectivity index is 1.65. The predicted octanol–water partition coefficient (Wildman–Crippen LogP) is 4.73. The number of benzene rings is 2. The molecule has 3 aromatic rings. The summed E-state index contributed by atoms with van der Waals surface area (Å²) < 4.78 is 5.57. The lowest BCUT2D eigenvalue weighted by Gasteiger charge is -2.04. The summed E-state index contributed by atoms with van der Waals surface area (Å²) in [7, 11) is 0. The van der Waals surface area contributed by atoms with Gasteiger partial charge in [0.1, 0.15) is 5.75 Å². The molecule has 0 aliphatic rings. The van der Waals surface area contributed by atoms with Gasteiger partial charge in [0.25, 0.3) is 11.7 Å². The van der Waals surface area contributed by atoms with E-state index in [0.29, 0.717) is 17.3 Å². The Kier molecular flexibility index (Phi) is 5.98. The first-order valence-corrected chi connectivity index (χ1v) is 9.56. The number of nitrogens with zero attached hydrogens (tertiary/aromatic N) is 1. The van der Waals surface area contributed by atoms with Crippen LogP contribution in [0.5, 0.6) is 5.75 Å². The number of amides is 1. The van der Waals surface area contributed by atoms with Crippen molar-refractivity contribution in [1.82, 2.24) is 4.98 Å². The Labute approximate surface area is 162 Å². The molecule has 5 nitrogen and oxygen atoms in total. The van der Waals surface area contributed by atoms with Crippen LogP contribution >= 0.6 is 11.3 Å². The van der Waals surface area contributed by atoms with Crippen LogP contribution in [0.25, 0.3) is 11.3 Å². The van der Waals surface area contributed by atoms with E-state index < -0.39 is 11.7 Å². The van der Waals surface area contributed by atoms with Crippen molar-refractivity contribution in [3.8, 4) is 17.0 Å². The van der Waals surface area contributed by atoms with E-state index in [0.717, 1.165) is 29.0 Å². The third-order valence-electron chi connectivity index (χ3n) is 3.87. The van der Waals surface area contributed by atoms with Crippen LogP contribution in [0, 0.1) is 6.92 Å². The van der Waals surface area contributed by atoms with Crippen LogP contribution in [0.3, 0.4) is 0 Å². The largest absolute Gasteiger partial charge is 0.494 e. The summed E-state index contributed by atoms with van der Waals surface area (Å²) >= 11 is 1.28. The highest BCUT2D eigenvalue weighted by Crippen LogP contribution is 2.26. The van der Waals surface area contributed by atoms with E-state index in [2.05, 4.69) is 17.2 Å². The highest BCUT2D eigenvalue weighted by atomic mass is 32.1. The van der Waals surface area contributed by atoms with Gasteiger partial charge in [0.15, 0.2) is 5.13 Å². The monoisotopic (exact) mass is 380 g/mol. The van der Waals surface area contributed by atoms with Gasteiger partial charge in [-0.2, -0.15) is 0 Å². The molecule has 27 heavy (non-hydrogen) atoms. The second-order valence-electron chi connectivity index (χ2n) is 6.06. The van der Waals surface area contributed by atoms with Crippen LogP contribution in [0.15, 0.2) is 53.9 Å². The first kappa shape index (κ1) is 18.8. The molecule has 0 radical (unpaired) electrons. The lowest BCUT2D eigenvalue weighted by Crippen LogP contribution is -2.22. The minimum Gasteiger partial charge on any atom is -0.494 e. The number of carbonyl (C=O) groups is 2. The zero-order valence-corrected chi connectivity index (χ0v) is 16.0. The third-order valence-corrected chi connectivity index (χ3v) is 4.63. The number of thiazole rings is 1. The third kappa shape index (κ3) is 4.80. The molecular weight excluding hydrogens is 360 g/mol. The molecule has 0 atom stereocenters. The molecule has 0 fully saturated rings. The molecule has 0 aliphatic heterocycles. The number of Topliss-reactive ketones (excluding diaryl/α,β-unsaturated/α-hetero) is 1. The highest BCUT2D eigenvalue weighted by Gasteiger charge is 2.17. The fourth-order valence-corrected chi connectivity index (χ4v) is 3.11. The molecular formula is C21H20N2O3S. The van der Waals surface area contributed by atoms with Crippen LogP contribution in [0.4, 0.5) is 5.13 Å². The van der Waals surface area contributed by atoms with E-state index in [1.165, 1.54) is 11.3 Å². The quantitative estimate of drug-likeness (QED) is 0.475. The van der Waals surface area contributed by atoms with Crippen molar-refractivity contribution in [3.05, 3.63) is 65.0 Å². The fraction of sp³-hybridized carbons (Fsp3) is 0.190. The van der Waals surface area contributed by atoms with Crippen molar-refractivity contribution >= 4 is 28.2 Å². The normalized spacial score (nSPS) is 10.4. The van der Waals surface area contributed by atoms with Gasteiger partial charge in [-0.1, -0.05) is 36.8 Å². The van der Waals surface area contributed by atoms with Gasteiger partial charge < -0.3 is 4.74 Å². The molecule has 1 heterocycles. The minimum atomic E-state index is -0.692. The van der Waals surface area contributed by atoms with Crippen LogP contribution in [0.1, 0.15) is 29.3 Å². The standard InChI is InChI=1S/C21H20N2O3S/c1-3-12-26-17-10-8-15(9-11-17)18-13-27-21(22-18)23-20(25)19(24)16-6-4-14(2)5-7-16/h4-11,13H,3,12H2,1-2H3,(H,22,23,25). The van der Waals surface area contributed by atoms with Crippen molar-refractivity contribution in [2.75, 3.05) is 11.9 Å². The Bertz CT molecular complexity index is 931. The van der Waals surface area contributed by atoms with Crippen molar-refractivity contribution < 1.29 is 14.3 Å². The van der Waals surface area contributed by atoms with Crippen molar-refractivity contribution in [2.45, 2.75) is 20.3 Å². The van der Waals surface area contributed by atoms with Crippen LogP contribution in [-0.2, 0) is 4.79 Å². The molecule has 1 N–H and O–H groups in total. The lowest BCUT2D eigenvalue weighted by atomic mass is 10.1. The molecule has 0 unspecified atom stereocenters. The van der Waals surface area contributed by atoms with E-state index in [-0.39, 0.29) is 0 Å². The molecule has 6 heteroatoms. The maximum atomic E-state index is 12.2. The summed E-state index contributed by atoms with van der Waals surface area (Å²) in [5, 5.41) is 4.81. The number of aromatic nitrogens is 1. The molecule has 0 saturated carbocycles. The number of aryl methyl sites for hydroxylation is 1. The zero-order chi connectivity index (χ0) is 19.2. The molecule has 0 bridgehead atoms. The molecule has 0 aliphatic carbocycles. The molecule has 1 aromatic heterocycles. The van der Waals surface area contributed by atoms with Crippen LogP contribution in [0.2, 0.25) is 0 Å². The second-order valence-corrected chi connectivity index (χ2v) is 6.92. The van der Waals surface area contributed by atoms with Crippen molar-refractivity contribution in [2.24, 2.45) is 0 Å². The van der Waals surface area contributed by atoms with E-state index in [1.807, 2.05) is 36.6 Å². The SMILES string of the molecule is CCCOc1ccc(-c2csc(NC(=O)C(=O)c3ccc(C)cc3)n2)cc1. The van der Waals surface area contributed by atoms with E-state index in [1.54, 1.807) is 24.3 Å². The van der Waals surface area contributed by atoms with Gasteiger partial charge in [-0.25, -0.2) is 4.98 Å². The van der Waals surface area contributed by atoms with E-state index >= 15 is 0 Å². The number of nitrogens with one attached hydrogen (secondary N) is 1. The Morgan fingerprint density at radius 2 is 1.78 bits per heavy atom. The minimum absolute atomic E-state index is 0.359. The number of rotatable bonds is 7. The summed E-state index contributed by atoms with van der Waals surface area (Å²) in [6.07, 6.45) is 0.957. The van der Waals surface area contributed by atoms with Gasteiger partial charge in [-0.3, -0.25) is 14.9 Å². The first-order chi connectivity index (χ1) is 13.1. The maximum absolute atomic E-state index is 12.2. The number of ketones is 1. The number of hydrogen-bond donors (Lipinski definition) is 1. The Morgan fingerprint density at radius 3 is 2.44 bits per heavy atom. The van der Waals surface area contributed by atoms with Gasteiger partial charge in [-0.15, -0.1) is 11.3 Å². The van der Waals surface area contributed by atoms with Gasteiger partial charge in [0.2, 0.25) is 0 Å². The highest BCUT2D eigenvalue weighted by molar-refractivity contribution is 7.14. The van der Waals surface area contributed by atoms with Gasteiger partial charge in [0.05, 0.1) is 12.3 Å². The van der Waals surface area contributed by atoms with Gasteiger partial charge in [0, 0.05) is 16.5 Å². The number of hydrogen-bond acceptors (Lipinski definition) is 5. The maximum Gasteiger partial charge on any atom is 0.298 e. The van der Waals surface area contributed by atoms with Crippen molar-refractivity contribution in [3.63, 3.8) is 0 Å². The average Bonchev–Trinajstić information content (AvgIpc) is 3.15. The number of carbonyl (C=O) groups excluding carboxylic acids is 2. The lowest BCUT2D eigenvalue weighted by molar-refractivity contribution is -0.112. The topological polar surface area (TPSA) is 68.3 Å². The summed E-state index contributed by atoms with van der Waals surface area (Å²) in [4.78, 5) is 28.8. The number of anilines is 1. The first-order valence-electron chi connectivity index (χ1n) is 8.68. The molecule has 138 valence electrons. The fourth-order valence-electron chi connectivity index (χ4n) is 2.40. The van der Waals surface area contributed by atoms with Crippen molar-refractivity contribution in [1.29, 1.82) is 0 Å². The molecule has 2 aromatic carbocycles. The molecule has 1 amide bonds. The average molecular weight is 380 g/mol. The van der Waals surface area contributed by atoms with Gasteiger partial charge in [-0.05, 0) is 37.6 Å². The smallest absolute Gasteiger partial charge is 0.298 e. The second kappa shape index (κ2) is 8.60. The Hall–Kier alpha value is -2.99. The summed E-state index contributed by atoms with van der Waals surface area (Å²) in [5.41, 5.74) is 3.04.